The Morgan fingerprint density at radius 1 is 0.971 bits per heavy atom. The van der Waals surface area contributed by atoms with Crippen molar-refractivity contribution in [1.82, 2.24) is 16.0 Å². The highest BCUT2D eigenvalue weighted by Gasteiger charge is 2.31. The molecule has 2 aromatic carbocycles. The number of halogens is 3. The SMILES string of the molecule is O=C(NC1CCC(C(=O)Nc2c(F)cc(F)cc2Cl)CC1)C1=C(C(=O)Oc2ccccc2)NCN1. The van der Waals surface area contributed by atoms with E-state index >= 15 is 0 Å². The number of carbonyl (C=O) groups is 3. The molecule has 1 aliphatic carbocycles. The van der Waals surface area contributed by atoms with Gasteiger partial charge in [0.1, 0.15) is 17.3 Å². The van der Waals surface area contributed by atoms with Gasteiger partial charge in [-0.2, -0.15) is 0 Å². The van der Waals surface area contributed by atoms with Gasteiger partial charge in [-0.15, -0.1) is 0 Å². The molecule has 35 heavy (non-hydrogen) atoms. The number of hydrogen-bond donors (Lipinski definition) is 4. The molecule has 2 amide bonds. The lowest BCUT2D eigenvalue weighted by atomic mass is 9.85. The zero-order valence-electron chi connectivity index (χ0n) is 18.5. The molecule has 0 spiro atoms. The van der Waals surface area contributed by atoms with E-state index in [1.807, 2.05) is 0 Å². The van der Waals surface area contributed by atoms with Gasteiger partial charge >= 0.3 is 5.97 Å². The van der Waals surface area contributed by atoms with Crippen LogP contribution in [0.2, 0.25) is 5.02 Å². The van der Waals surface area contributed by atoms with E-state index in [1.54, 1.807) is 30.3 Å². The van der Waals surface area contributed by atoms with E-state index in [4.69, 9.17) is 16.3 Å². The minimum atomic E-state index is -0.947. The number of esters is 1. The van der Waals surface area contributed by atoms with Crippen LogP contribution in [0.25, 0.3) is 0 Å². The summed E-state index contributed by atoms with van der Waals surface area (Å²) in [7, 11) is 0. The number of ether oxygens (including phenoxy) is 1. The second-order valence-electron chi connectivity index (χ2n) is 8.24. The number of amides is 2. The maximum Gasteiger partial charge on any atom is 0.362 e. The third kappa shape index (κ3) is 5.89. The minimum absolute atomic E-state index is 0.0395. The van der Waals surface area contributed by atoms with Crippen molar-refractivity contribution < 1.29 is 27.9 Å². The van der Waals surface area contributed by atoms with Crippen LogP contribution in [0.3, 0.4) is 0 Å². The van der Waals surface area contributed by atoms with Crippen molar-refractivity contribution in [3.8, 4) is 5.75 Å². The number of carbonyl (C=O) groups excluding carboxylic acids is 3. The Bertz CT molecular complexity index is 1140. The Morgan fingerprint density at radius 2 is 1.66 bits per heavy atom. The van der Waals surface area contributed by atoms with Crippen molar-refractivity contribution in [3.05, 3.63) is 70.5 Å². The topological polar surface area (TPSA) is 109 Å². The van der Waals surface area contributed by atoms with E-state index in [2.05, 4.69) is 21.3 Å². The van der Waals surface area contributed by atoms with E-state index in [1.165, 1.54) is 0 Å². The first-order chi connectivity index (χ1) is 16.8. The van der Waals surface area contributed by atoms with E-state index in [0.717, 1.165) is 6.07 Å². The average Bonchev–Trinajstić information content (AvgIpc) is 3.33. The number of para-hydroxylation sites is 1. The van der Waals surface area contributed by atoms with E-state index in [-0.39, 0.29) is 34.8 Å². The van der Waals surface area contributed by atoms with Crippen LogP contribution in [0.1, 0.15) is 25.7 Å². The highest BCUT2D eigenvalue weighted by atomic mass is 35.5. The largest absolute Gasteiger partial charge is 0.422 e. The number of nitrogens with one attached hydrogen (secondary N) is 4. The van der Waals surface area contributed by atoms with Crippen molar-refractivity contribution >= 4 is 35.1 Å². The molecule has 8 nitrogen and oxygen atoms in total. The Labute approximate surface area is 205 Å². The fraction of sp³-hybridized carbons (Fsp3) is 0.292. The number of benzene rings is 2. The smallest absolute Gasteiger partial charge is 0.362 e. The fourth-order valence-corrected chi connectivity index (χ4v) is 4.30. The third-order valence-electron chi connectivity index (χ3n) is 5.85. The van der Waals surface area contributed by atoms with Crippen molar-refractivity contribution in [2.45, 2.75) is 31.7 Å². The molecule has 4 rings (SSSR count). The lowest BCUT2D eigenvalue weighted by Crippen LogP contribution is -2.42. The van der Waals surface area contributed by atoms with Gasteiger partial charge in [-0.25, -0.2) is 13.6 Å². The normalized spacial score (nSPS) is 19.4. The Hall–Kier alpha value is -3.66. The highest BCUT2D eigenvalue weighted by molar-refractivity contribution is 6.33. The van der Waals surface area contributed by atoms with Crippen LogP contribution in [0.5, 0.6) is 5.75 Å². The molecule has 11 heteroatoms. The maximum atomic E-state index is 14.0. The number of hydrogen-bond acceptors (Lipinski definition) is 6. The molecule has 0 saturated heterocycles. The van der Waals surface area contributed by atoms with E-state index in [9.17, 15) is 23.2 Å². The van der Waals surface area contributed by atoms with E-state index in [0.29, 0.717) is 37.5 Å². The molecule has 0 aromatic heterocycles. The summed E-state index contributed by atoms with van der Waals surface area (Å²) in [5.41, 5.74) is -0.125. The summed E-state index contributed by atoms with van der Waals surface area (Å²) in [5, 5.41) is 10.8. The van der Waals surface area contributed by atoms with Crippen LogP contribution < -0.4 is 26.0 Å². The van der Waals surface area contributed by atoms with Crippen LogP contribution >= 0.6 is 11.6 Å². The molecule has 0 bridgehead atoms. The van der Waals surface area contributed by atoms with Crippen molar-refractivity contribution in [2.24, 2.45) is 5.92 Å². The zero-order chi connectivity index (χ0) is 24.9. The van der Waals surface area contributed by atoms with Gasteiger partial charge < -0.3 is 26.0 Å². The predicted molar refractivity (Wildman–Crippen MR) is 124 cm³/mol. The highest BCUT2D eigenvalue weighted by Crippen LogP contribution is 2.30. The zero-order valence-corrected chi connectivity index (χ0v) is 19.3. The summed E-state index contributed by atoms with van der Waals surface area (Å²) in [6, 6.07) is 9.88. The molecule has 0 atom stereocenters. The van der Waals surface area contributed by atoms with Crippen LogP contribution in [-0.4, -0.2) is 30.5 Å². The van der Waals surface area contributed by atoms with Crippen molar-refractivity contribution in [2.75, 3.05) is 12.0 Å². The second kappa shape index (κ2) is 10.7. The predicted octanol–water partition coefficient (Wildman–Crippen LogP) is 3.20. The summed E-state index contributed by atoms with van der Waals surface area (Å²) in [5.74, 6) is -3.39. The summed E-state index contributed by atoms with van der Waals surface area (Å²) < 4.78 is 32.5. The number of anilines is 1. The first kappa shape index (κ1) is 24.5. The molecular weight excluding hydrogens is 482 g/mol. The second-order valence-corrected chi connectivity index (χ2v) is 8.65. The summed E-state index contributed by atoms with van der Waals surface area (Å²) in [4.78, 5) is 37.9. The molecular formula is C24H23ClF2N4O4. The van der Waals surface area contributed by atoms with Gasteiger partial charge in [0.05, 0.1) is 17.4 Å². The van der Waals surface area contributed by atoms with Gasteiger partial charge in [0.2, 0.25) is 5.91 Å². The molecule has 184 valence electrons. The van der Waals surface area contributed by atoms with Gasteiger partial charge in [-0.3, -0.25) is 9.59 Å². The Balaban J connectivity index is 1.31. The van der Waals surface area contributed by atoms with Crippen molar-refractivity contribution in [1.29, 1.82) is 0 Å². The third-order valence-corrected chi connectivity index (χ3v) is 6.15. The molecule has 1 heterocycles. The molecule has 1 saturated carbocycles. The molecule has 0 unspecified atom stereocenters. The quantitative estimate of drug-likeness (QED) is 0.355. The van der Waals surface area contributed by atoms with Crippen LogP contribution in [0.4, 0.5) is 14.5 Å². The molecule has 0 radical (unpaired) electrons. The molecule has 2 aromatic rings. The van der Waals surface area contributed by atoms with Gasteiger partial charge in [0, 0.05) is 18.0 Å². The molecule has 4 N–H and O–H groups in total. The summed E-state index contributed by atoms with van der Waals surface area (Å²) >= 11 is 5.85. The first-order valence-electron chi connectivity index (χ1n) is 11.1. The van der Waals surface area contributed by atoms with Crippen molar-refractivity contribution in [3.63, 3.8) is 0 Å². The Kier molecular flexibility index (Phi) is 7.50. The maximum absolute atomic E-state index is 14.0. The van der Waals surface area contributed by atoms with Gasteiger partial charge in [0.25, 0.3) is 5.91 Å². The fourth-order valence-electron chi connectivity index (χ4n) is 4.06. The van der Waals surface area contributed by atoms with Gasteiger partial charge in [0.15, 0.2) is 11.5 Å². The Morgan fingerprint density at radius 3 is 2.34 bits per heavy atom. The number of rotatable bonds is 6. The minimum Gasteiger partial charge on any atom is -0.422 e. The van der Waals surface area contributed by atoms with Crippen LogP contribution in [-0.2, 0) is 14.4 Å². The summed E-state index contributed by atoms with van der Waals surface area (Å²) in [6.45, 7) is 0.206. The summed E-state index contributed by atoms with van der Waals surface area (Å²) in [6.07, 6.45) is 1.91. The van der Waals surface area contributed by atoms with Gasteiger partial charge in [-0.1, -0.05) is 29.8 Å². The average molecular weight is 505 g/mol. The standard InChI is InChI=1S/C24H23ClF2N4O4/c25-17-10-14(26)11-18(27)19(17)31-22(32)13-6-8-15(9-7-13)30-23(33)20-21(29-12-28-20)24(34)35-16-4-2-1-3-5-16/h1-5,10-11,13,15,28-29H,6-9,12H2,(H,30,33)(H,31,32). The first-order valence-corrected chi connectivity index (χ1v) is 11.4. The van der Waals surface area contributed by atoms with Crippen LogP contribution in [0.15, 0.2) is 53.9 Å². The molecule has 1 fully saturated rings. The lowest BCUT2D eigenvalue weighted by Gasteiger charge is -2.28. The van der Waals surface area contributed by atoms with E-state index < -0.39 is 35.3 Å². The monoisotopic (exact) mass is 504 g/mol. The van der Waals surface area contributed by atoms with Gasteiger partial charge in [-0.05, 0) is 43.9 Å². The molecule has 2 aliphatic rings. The lowest BCUT2D eigenvalue weighted by molar-refractivity contribution is -0.131. The molecule has 1 aliphatic heterocycles. The van der Waals surface area contributed by atoms with Crippen LogP contribution in [0, 0.1) is 17.6 Å².